The van der Waals surface area contributed by atoms with Crippen LogP contribution >= 0.6 is 0 Å². The third-order valence-electron chi connectivity index (χ3n) is 5.53. The Labute approximate surface area is 175 Å². The molecular formula is C24H23N5O. The number of fused-ring (bicyclic) bond motifs is 1. The first-order valence-corrected chi connectivity index (χ1v) is 10.3. The maximum absolute atomic E-state index is 12.8. The van der Waals surface area contributed by atoms with E-state index < -0.39 is 0 Å². The molecule has 5 rings (SSSR count). The predicted octanol–water partition coefficient (Wildman–Crippen LogP) is 4.58. The van der Waals surface area contributed by atoms with Crippen molar-refractivity contribution < 1.29 is 4.79 Å². The fourth-order valence-corrected chi connectivity index (χ4v) is 4.04. The predicted molar refractivity (Wildman–Crippen MR) is 119 cm³/mol. The highest BCUT2D eigenvalue weighted by Gasteiger charge is 2.15. The molecule has 1 saturated heterocycles. The molecule has 0 atom stereocenters. The van der Waals surface area contributed by atoms with Crippen LogP contribution in [0, 0.1) is 6.92 Å². The average molecular weight is 397 g/mol. The van der Waals surface area contributed by atoms with Crippen molar-refractivity contribution in [2.75, 3.05) is 23.3 Å². The molecule has 6 nitrogen and oxygen atoms in total. The Hall–Kier alpha value is -3.67. The first-order valence-electron chi connectivity index (χ1n) is 10.3. The van der Waals surface area contributed by atoms with Crippen LogP contribution in [0.3, 0.4) is 0 Å². The van der Waals surface area contributed by atoms with E-state index in [-0.39, 0.29) is 5.91 Å². The molecule has 4 aromatic rings. The van der Waals surface area contributed by atoms with E-state index in [0.717, 1.165) is 41.5 Å². The Morgan fingerprint density at radius 3 is 2.53 bits per heavy atom. The summed E-state index contributed by atoms with van der Waals surface area (Å²) in [5, 5.41) is 2.94. The number of anilines is 2. The van der Waals surface area contributed by atoms with E-state index in [2.05, 4.69) is 24.8 Å². The number of carbonyl (C=O) groups is 1. The molecule has 2 aromatic heterocycles. The molecule has 30 heavy (non-hydrogen) atoms. The summed E-state index contributed by atoms with van der Waals surface area (Å²) in [5.74, 6) is 1.68. The number of rotatable bonds is 4. The summed E-state index contributed by atoms with van der Waals surface area (Å²) in [5.41, 5.74) is 4.09. The minimum atomic E-state index is -0.167. The zero-order chi connectivity index (χ0) is 20.5. The largest absolute Gasteiger partial charge is 0.357 e. The van der Waals surface area contributed by atoms with E-state index in [4.69, 9.17) is 0 Å². The summed E-state index contributed by atoms with van der Waals surface area (Å²) in [6.45, 7) is 4.07. The second-order valence-electron chi connectivity index (χ2n) is 7.59. The Bertz CT molecular complexity index is 1190. The number of amides is 1. The summed E-state index contributed by atoms with van der Waals surface area (Å²) in [4.78, 5) is 24.2. The highest BCUT2D eigenvalue weighted by atomic mass is 16.1. The van der Waals surface area contributed by atoms with E-state index in [0.29, 0.717) is 11.3 Å². The maximum atomic E-state index is 12.8. The van der Waals surface area contributed by atoms with E-state index in [1.807, 2.05) is 67.6 Å². The van der Waals surface area contributed by atoms with Gasteiger partial charge in [-0.2, -0.15) is 0 Å². The van der Waals surface area contributed by atoms with Crippen LogP contribution in [-0.2, 0) is 0 Å². The van der Waals surface area contributed by atoms with Crippen molar-refractivity contribution >= 4 is 28.4 Å². The lowest BCUT2D eigenvalue weighted by Crippen LogP contribution is -2.19. The van der Waals surface area contributed by atoms with Crippen molar-refractivity contribution in [3.8, 4) is 5.69 Å². The molecule has 1 aliphatic rings. The number of nitrogens with zero attached hydrogens (tertiary/aromatic N) is 4. The van der Waals surface area contributed by atoms with Gasteiger partial charge in [0.2, 0.25) is 0 Å². The second-order valence-corrected chi connectivity index (χ2v) is 7.59. The van der Waals surface area contributed by atoms with Gasteiger partial charge in [-0.15, -0.1) is 0 Å². The van der Waals surface area contributed by atoms with Crippen LogP contribution in [0.25, 0.3) is 16.7 Å². The fraction of sp³-hybridized carbons (Fsp3) is 0.208. The summed E-state index contributed by atoms with van der Waals surface area (Å²) < 4.78 is 2.10. The number of benzene rings is 2. The lowest BCUT2D eigenvalue weighted by Gasteiger charge is -2.16. The molecule has 0 radical (unpaired) electrons. The number of carbonyl (C=O) groups excluding carboxylic acids is 1. The van der Waals surface area contributed by atoms with Gasteiger partial charge in [0.05, 0.1) is 22.9 Å². The molecule has 1 amide bonds. The van der Waals surface area contributed by atoms with Gasteiger partial charge in [0.25, 0.3) is 5.91 Å². The molecule has 6 heteroatoms. The molecule has 0 aliphatic carbocycles. The lowest BCUT2D eigenvalue weighted by molar-refractivity contribution is 0.102. The van der Waals surface area contributed by atoms with Crippen molar-refractivity contribution in [1.82, 2.24) is 14.5 Å². The molecular weight excluding hydrogens is 374 g/mol. The van der Waals surface area contributed by atoms with Crippen LogP contribution in [0.4, 0.5) is 11.5 Å². The van der Waals surface area contributed by atoms with Crippen molar-refractivity contribution in [3.05, 3.63) is 78.2 Å². The molecule has 0 unspecified atom stereocenters. The molecule has 1 N–H and O–H groups in total. The van der Waals surface area contributed by atoms with Gasteiger partial charge in [0.1, 0.15) is 11.6 Å². The molecule has 2 aromatic carbocycles. The fourth-order valence-electron chi connectivity index (χ4n) is 4.04. The molecule has 0 spiro atoms. The normalized spacial score (nSPS) is 13.7. The Morgan fingerprint density at radius 2 is 1.80 bits per heavy atom. The number of imidazole rings is 1. The van der Waals surface area contributed by atoms with Crippen molar-refractivity contribution in [1.29, 1.82) is 0 Å². The highest BCUT2D eigenvalue weighted by molar-refractivity contribution is 6.06. The van der Waals surface area contributed by atoms with Crippen LogP contribution in [0.15, 0.2) is 66.9 Å². The smallest absolute Gasteiger partial charge is 0.255 e. The SMILES string of the molecule is Cc1nc2cc(C(=O)Nc3ccc(N4CCCC4)nc3)ccc2n1-c1ccccc1. The van der Waals surface area contributed by atoms with E-state index in [9.17, 15) is 4.79 Å². The molecule has 150 valence electrons. The van der Waals surface area contributed by atoms with Crippen molar-refractivity contribution in [2.24, 2.45) is 0 Å². The molecule has 0 bridgehead atoms. The first-order chi connectivity index (χ1) is 14.7. The van der Waals surface area contributed by atoms with Crippen molar-refractivity contribution in [3.63, 3.8) is 0 Å². The number of aryl methyl sites for hydroxylation is 1. The standard InChI is InChI=1S/C24H23N5O/c1-17-26-21-15-18(9-11-22(21)29(17)20-7-3-2-4-8-20)24(30)27-19-10-12-23(25-16-19)28-13-5-6-14-28/h2-4,7-12,15-16H,5-6,13-14H2,1H3,(H,27,30). The molecule has 0 saturated carbocycles. The minimum absolute atomic E-state index is 0.167. The Morgan fingerprint density at radius 1 is 1.00 bits per heavy atom. The van der Waals surface area contributed by atoms with Gasteiger partial charge in [-0.3, -0.25) is 9.36 Å². The number of aromatic nitrogens is 3. The van der Waals surface area contributed by atoms with E-state index in [1.54, 1.807) is 6.20 Å². The summed E-state index contributed by atoms with van der Waals surface area (Å²) in [6.07, 6.45) is 4.14. The third kappa shape index (κ3) is 3.41. The third-order valence-corrected chi connectivity index (χ3v) is 5.53. The Kier molecular flexibility index (Phi) is 4.67. The second kappa shape index (κ2) is 7.63. The van der Waals surface area contributed by atoms with Crippen LogP contribution in [-0.4, -0.2) is 33.5 Å². The quantitative estimate of drug-likeness (QED) is 0.547. The van der Waals surface area contributed by atoms with Gasteiger partial charge in [-0.05, 0) is 62.2 Å². The molecule has 1 fully saturated rings. The maximum Gasteiger partial charge on any atom is 0.255 e. The summed E-state index contributed by atoms with van der Waals surface area (Å²) >= 11 is 0. The minimum Gasteiger partial charge on any atom is -0.357 e. The van der Waals surface area contributed by atoms with Crippen LogP contribution in [0.1, 0.15) is 29.0 Å². The summed E-state index contributed by atoms with van der Waals surface area (Å²) in [7, 11) is 0. The zero-order valence-corrected chi connectivity index (χ0v) is 16.9. The summed E-state index contributed by atoms with van der Waals surface area (Å²) in [6, 6.07) is 19.6. The topological polar surface area (TPSA) is 63.1 Å². The zero-order valence-electron chi connectivity index (χ0n) is 16.9. The van der Waals surface area contributed by atoms with E-state index >= 15 is 0 Å². The van der Waals surface area contributed by atoms with E-state index in [1.165, 1.54) is 12.8 Å². The van der Waals surface area contributed by atoms with Gasteiger partial charge >= 0.3 is 0 Å². The number of nitrogens with one attached hydrogen (secondary N) is 1. The van der Waals surface area contributed by atoms with Crippen LogP contribution in [0.5, 0.6) is 0 Å². The van der Waals surface area contributed by atoms with Gasteiger partial charge < -0.3 is 10.2 Å². The first kappa shape index (κ1) is 18.4. The lowest BCUT2D eigenvalue weighted by atomic mass is 10.2. The number of hydrogen-bond donors (Lipinski definition) is 1. The highest BCUT2D eigenvalue weighted by Crippen LogP contribution is 2.23. The number of hydrogen-bond acceptors (Lipinski definition) is 4. The number of para-hydroxylation sites is 1. The Balaban J connectivity index is 1.37. The van der Waals surface area contributed by atoms with Crippen LogP contribution < -0.4 is 10.2 Å². The van der Waals surface area contributed by atoms with Gasteiger partial charge in [0, 0.05) is 24.3 Å². The number of pyridine rings is 1. The van der Waals surface area contributed by atoms with Gasteiger partial charge in [0.15, 0.2) is 0 Å². The van der Waals surface area contributed by atoms with Crippen molar-refractivity contribution in [2.45, 2.75) is 19.8 Å². The van der Waals surface area contributed by atoms with Crippen LogP contribution in [0.2, 0.25) is 0 Å². The van der Waals surface area contributed by atoms with Gasteiger partial charge in [-0.1, -0.05) is 18.2 Å². The molecule has 1 aliphatic heterocycles. The molecule has 3 heterocycles. The average Bonchev–Trinajstić information content (AvgIpc) is 3.41. The van der Waals surface area contributed by atoms with Gasteiger partial charge in [-0.25, -0.2) is 9.97 Å². The monoisotopic (exact) mass is 397 g/mol.